The lowest BCUT2D eigenvalue weighted by Crippen LogP contribution is -2.27. The highest BCUT2D eigenvalue weighted by molar-refractivity contribution is 5.71. The van der Waals surface area contributed by atoms with Gasteiger partial charge in [-0.2, -0.15) is 0 Å². The third-order valence-electron chi connectivity index (χ3n) is 3.82. The fourth-order valence-electron chi connectivity index (χ4n) is 2.70. The van der Waals surface area contributed by atoms with Gasteiger partial charge in [-0.3, -0.25) is 9.69 Å². The molecule has 0 bridgehead atoms. The molecule has 116 valence electrons. The van der Waals surface area contributed by atoms with E-state index in [9.17, 15) is 4.79 Å². The maximum atomic E-state index is 11.1. The highest BCUT2D eigenvalue weighted by atomic mass is 16.5. The van der Waals surface area contributed by atoms with E-state index in [0.29, 0.717) is 19.8 Å². The molecule has 0 aromatic heterocycles. The number of benzene rings is 1. The van der Waals surface area contributed by atoms with Crippen LogP contribution in [0, 0.1) is 11.8 Å². The van der Waals surface area contributed by atoms with E-state index in [1.807, 2.05) is 38.1 Å². The van der Waals surface area contributed by atoms with Gasteiger partial charge in [0.15, 0.2) is 11.5 Å². The highest BCUT2D eigenvalue weighted by Crippen LogP contribution is 2.27. The molecule has 1 aliphatic rings. The van der Waals surface area contributed by atoms with E-state index in [-0.39, 0.29) is 11.8 Å². The van der Waals surface area contributed by atoms with Gasteiger partial charge < -0.3 is 14.6 Å². The number of hydrogen-bond acceptors (Lipinski definition) is 4. The standard InChI is InChI=1S/C16H23NO4/c1-3-20-14-6-4-5-7-15(14)21-9-8-17-10-12(2)13(11-17)16(18)19/h4-7,12-13H,3,8-11H2,1-2H3,(H,18,19). The Morgan fingerprint density at radius 2 is 1.95 bits per heavy atom. The van der Waals surface area contributed by atoms with Crippen LogP contribution >= 0.6 is 0 Å². The molecule has 1 aromatic rings. The lowest BCUT2D eigenvalue weighted by Gasteiger charge is -2.17. The van der Waals surface area contributed by atoms with Crippen molar-refractivity contribution in [3.63, 3.8) is 0 Å². The normalized spacial score (nSPS) is 22.2. The molecule has 1 N–H and O–H groups in total. The monoisotopic (exact) mass is 293 g/mol. The van der Waals surface area contributed by atoms with E-state index >= 15 is 0 Å². The quantitative estimate of drug-likeness (QED) is 0.834. The van der Waals surface area contributed by atoms with E-state index in [1.165, 1.54) is 0 Å². The molecule has 2 unspecified atom stereocenters. The largest absolute Gasteiger partial charge is 0.490 e. The minimum atomic E-state index is -0.701. The molecule has 5 nitrogen and oxygen atoms in total. The van der Waals surface area contributed by atoms with Crippen LogP contribution in [0.15, 0.2) is 24.3 Å². The Kier molecular flexibility index (Phi) is 5.44. The number of aliphatic carboxylic acids is 1. The van der Waals surface area contributed by atoms with Crippen molar-refractivity contribution in [1.29, 1.82) is 0 Å². The van der Waals surface area contributed by atoms with Crippen molar-refractivity contribution in [1.82, 2.24) is 4.90 Å². The number of ether oxygens (including phenoxy) is 2. The van der Waals surface area contributed by atoms with Crippen LogP contribution in [0.1, 0.15) is 13.8 Å². The van der Waals surface area contributed by atoms with Gasteiger partial charge in [0.05, 0.1) is 12.5 Å². The SMILES string of the molecule is CCOc1ccccc1OCCN1CC(C)C(C(=O)O)C1. The van der Waals surface area contributed by atoms with Gasteiger partial charge in [-0.15, -0.1) is 0 Å². The molecule has 1 saturated heterocycles. The Morgan fingerprint density at radius 1 is 1.29 bits per heavy atom. The van der Waals surface area contributed by atoms with Crippen LogP contribution in [-0.2, 0) is 4.79 Å². The van der Waals surface area contributed by atoms with Gasteiger partial charge in [0.1, 0.15) is 6.61 Å². The Morgan fingerprint density at radius 3 is 2.52 bits per heavy atom. The van der Waals surface area contributed by atoms with Gasteiger partial charge in [0.25, 0.3) is 0 Å². The summed E-state index contributed by atoms with van der Waals surface area (Å²) in [6, 6.07) is 7.60. The average Bonchev–Trinajstić information content (AvgIpc) is 2.82. The molecule has 2 rings (SSSR count). The van der Waals surface area contributed by atoms with Gasteiger partial charge in [-0.1, -0.05) is 19.1 Å². The van der Waals surface area contributed by atoms with Crippen molar-refractivity contribution >= 4 is 5.97 Å². The number of para-hydroxylation sites is 2. The van der Waals surface area contributed by atoms with E-state index in [4.69, 9.17) is 14.6 Å². The van der Waals surface area contributed by atoms with Gasteiger partial charge >= 0.3 is 5.97 Å². The molecule has 1 fully saturated rings. The second kappa shape index (κ2) is 7.31. The van der Waals surface area contributed by atoms with Crippen LogP contribution < -0.4 is 9.47 Å². The van der Waals surface area contributed by atoms with Crippen LogP contribution in [0.3, 0.4) is 0 Å². The van der Waals surface area contributed by atoms with E-state index in [0.717, 1.165) is 24.6 Å². The average molecular weight is 293 g/mol. The Bertz CT molecular complexity index is 477. The summed E-state index contributed by atoms with van der Waals surface area (Å²) in [4.78, 5) is 13.2. The zero-order chi connectivity index (χ0) is 15.2. The predicted molar refractivity (Wildman–Crippen MR) is 79.8 cm³/mol. The second-order valence-electron chi connectivity index (χ2n) is 5.41. The lowest BCUT2D eigenvalue weighted by atomic mass is 9.99. The van der Waals surface area contributed by atoms with Gasteiger partial charge in [0, 0.05) is 19.6 Å². The Labute approximate surface area is 125 Å². The summed E-state index contributed by atoms with van der Waals surface area (Å²) in [6.45, 7) is 7.21. The van der Waals surface area contributed by atoms with E-state index in [2.05, 4.69) is 4.90 Å². The van der Waals surface area contributed by atoms with Crippen LogP contribution in [0.25, 0.3) is 0 Å². The van der Waals surface area contributed by atoms with Crippen molar-refractivity contribution in [2.24, 2.45) is 11.8 Å². The number of nitrogens with zero attached hydrogens (tertiary/aromatic N) is 1. The minimum Gasteiger partial charge on any atom is -0.490 e. The summed E-state index contributed by atoms with van der Waals surface area (Å²) in [5.74, 6) is 0.714. The molecule has 0 spiro atoms. The zero-order valence-electron chi connectivity index (χ0n) is 12.6. The summed E-state index contributed by atoms with van der Waals surface area (Å²) in [7, 11) is 0. The molecule has 1 aliphatic heterocycles. The Hall–Kier alpha value is -1.75. The number of rotatable bonds is 7. The van der Waals surface area contributed by atoms with Crippen molar-refractivity contribution in [3.8, 4) is 11.5 Å². The maximum Gasteiger partial charge on any atom is 0.308 e. The summed E-state index contributed by atoms with van der Waals surface area (Å²) in [6.07, 6.45) is 0. The molecule has 1 aromatic carbocycles. The van der Waals surface area contributed by atoms with Gasteiger partial charge in [0.2, 0.25) is 0 Å². The first-order chi connectivity index (χ1) is 10.1. The second-order valence-corrected chi connectivity index (χ2v) is 5.41. The lowest BCUT2D eigenvalue weighted by molar-refractivity contribution is -0.142. The summed E-state index contributed by atoms with van der Waals surface area (Å²) >= 11 is 0. The van der Waals surface area contributed by atoms with E-state index in [1.54, 1.807) is 0 Å². The van der Waals surface area contributed by atoms with Crippen LogP contribution in [0.5, 0.6) is 11.5 Å². The fourth-order valence-corrected chi connectivity index (χ4v) is 2.70. The predicted octanol–water partition coefficient (Wildman–Crippen LogP) is 2.12. The maximum absolute atomic E-state index is 11.1. The molecule has 21 heavy (non-hydrogen) atoms. The molecule has 1 heterocycles. The van der Waals surface area contributed by atoms with Crippen molar-refractivity contribution in [2.75, 3.05) is 32.8 Å². The summed E-state index contributed by atoms with van der Waals surface area (Å²) in [5.41, 5.74) is 0. The van der Waals surface area contributed by atoms with Crippen LogP contribution in [-0.4, -0.2) is 48.8 Å². The molecule has 0 radical (unpaired) electrons. The third kappa shape index (κ3) is 4.11. The summed E-state index contributed by atoms with van der Waals surface area (Å²) in [5, 5.41) is 9.13. The van der Waals surface area contributed by atoms with Crippen LogP contribution in [0.2, 0.25) is 0 Å². The first-order valence-corrected chi connectivity index (χ1v) is 7.41. The molecule has 0 saturated carbocycles. The van der Waals surface area contributed by atoms with Crippen molar-refractivity contribution in [2.45, 2.75) is 13.8 Å². The first kappa shape index (κ1) is 15.6. The topological polar surface area (TPSA) is 59.0 Å². The van der Waals surface area contributed by atoms with E-state index < -0.39 is 5.97 Å². The molecule has 2 atom stereocenters. The van der Waals surface area contributed by atoms with Crippen molar-refractivity contribution < 1.29 is 19.4 Å². The van der Waals surface area contributed by atoms with Crippen molar-refractivity contribution in [3.05, 3.63) is 24.3 Å². The molecular weight excluding hydrogens is 270 g/mol. The van der Waals surface area contributed by atoms with Gasteiger partial charge in [-0.25, -0.2) is 0 Å². The fraction of sp³-hybridized carbons (Fsp3) is 0.562. The summed E-state index contributed by atoms with van der Waals surface area (Å²) < 4.78 is 11.3. The third-order valence-corrected chi connectivity index (χ3v) is 3.82. The Balaban J connectivity index is 1.81. The molecule has 0 aliphatic carbocycles. The number of carboxylic acid groups (broad SMARTS) is 1. The van der Waals surface area contributed by atoms with Gasteiger partial charge in [-0.05, 0) is 25.0 Å². The molecular formula is C16H23NO4. The first-order valence-electron chi connectivity index (χ1n) is 7.41. The number of hydrogen-bond donors (Lipinski definition) is 1. The number of carbonyl (C=O) groups is 1. The number of likely N-dealkylation sites (tertiary alicyclic amines) is 1. The smallest absolute Gasteiger partial charge is 0.308 e. The zero-order valence-corrected chi connectivity index (χ0v) is 12.6. The molecule has 5 heteroatoms. The number of carboxylic acids is 1. The molecule has 0 amide bonds. The highest BCUT2D eigenvalue weighted by Gasteiger charge is 2.34. The van der Waals surface area contributed by atoms with Crippen LogP contribution in [0.4, 0.5) is 0 Å². The minimum absolute atomic E-state index is 0.193.